The quantitative estimate of drug-likeness (QED) is 0.641. The van der Waals surface area contributed by atoms with E-state index >= 15 is 0 Å². The fourth-order valence-electron chi connectivity index (χ4n) is 1.86. The predicted molar refractivity (Wildman–Crippen MR) is 60.5 cm³/mol. The van der Waals surface area contributed by atoms with E-state index in [1.165, 1.54) is 18.5 Å². The van der Waals surface area contributed by atoms with Crippen LogP contribution in [0, 0.1) is 5.92 Å². The first kappa shape index (κ1) is 11.7. The number of morpholine rings is 1. The van der Waals surface area contributed by atoms with Gasteiger partial charge in [0, 0.05) is 13.1 Å². The van der Waals surface area contributed by atoms with Crippen LogP contribution < -0.4 is 0 Å². The number of rotatable bonds is 4. The van der Waals surface area contributed by atoms with Crippen LogP contribution in [0.25, 0.3) is 0 Å². The molecule has 0 aromatic rings. The topological polar surface area (TPSA) is 12.5 Å². The monoisotopic (exact) mass is 197 g/mol. The Bertz CT molecular complexity index is 179. The Morgan fingerprint density at radius 2 is 2.00 bits per heavy atom. The van der Waals surface area contributed by atoms with Crippen molar-refractivity contribution in [1.82, 2.24) is 4.90 Å². The molecule has 1 unspecified atom stereocenters. The molecule has 1 aliphatic heterocycles. The average Bonchev–Trinajstić information content (AvgIpc) is 2.15. The fraction of sp³-hybridized carbons (Fsp3) is 0.833. The van der Waals surface area contributed by atoms with Crippen molar-refractivity contribution >= 4 is 0 Å². The highest BCUT2D eigenvalue weighted by atomic mass is 16.5. The van der Waals surface area contributed by atoms with E-state index in [1.54, 1.807) is 0 Å². The van der Waals surface area contributed by atoms with Gasteiger partial charge in [-0.2, -0.15) is 0 Å². The summed E-state index contributed by atoms with van der Waals surface area (Å²) in [4.78, 5) is 2.50. The first-order chi connectivity index (χ1) is 6.68. The van der Waals surface area contributed by atoms with Crippen LogP contribution in [0.2, 0.25) is 0 Å². The van der Waals surface area contributed by atoms with Crippen molar-refractivity contribution in [3.8, 4) is 0 Å². The van der Waals surface area contributed by atoms with Gasteiger partial charge in [-0.15, -0.1) is 0 Å². The van der Waals surface area contributed by atoms with Crippen LogP contribution in [0.4, 0.5) is 0 Å². The molecule has 0 radical (unpaired) electrons. The SMILES string of the molecule is CC(C)=CC(C)CCN1CCOCC1. The summed E-state index contributed by atoms with van der Waals surface area (Å²) in [7, 11) is 0. The molecule has 1 heterocycles. The molecule has 0 aromatic carbocycles. The summed E-state index contributed by atoms with van der Waals surface area (Å²) in [6, 6.07) is 0. The second-order valence-corrected chi connectivity index (χ2v) is 4.46. The lowest BCUT2D eigenvalue weighted by Gasteiger charge is -2.27. The van der Waals surface area contributed by atoms with Gasteiger partial charge in [-0.05, 0) is 32.7 Å². The van der Waals surface area contributed by atoms with Crippen LogP contribution in [0.1, 0.15) is 27.2 Å². The highest BCUT2D eigenvalue weighted by Crippen LogP contribution is 2.09. The molecule has 2 nitrogen and oxygen atoms in total. The van der Waals surface area contributed by atoms with E-state index in [2.05, 4.69) is 31.7 Å². The van der Waals surface area contributed by atoms with Crippen LogP contribution in [0.3, 0.4) is 0 Å². The molecule has 0 saturated carbocycles. The second kappa shape index (κ2) is 6.20. The third-order valence-electron chi connectivity index (χ3n) is 2.62. The lowest BCUT2D eigenvalue weighted by molar-refractivity contribution is 0.0363. The Hall–Kier alpha value is -0.340. The molecular formula is C12H23NO. The molecule has 1 fully saturated rings. The van der Waals surface area contributed by atoms with Gasteiger partial charge in [0.25, 0.3) is 0 Å². The van der Waals surface area contributed by atoms with Crippen LogP contribution in [-0.4, -0.2) is 37.7 Å². The van der Waals surface area contributed by atoms with E-state index in [-0.39, 0.29) is 0 Å². The van der Waals surface area contributed by atoms with E-state index in [0.717, 1.165) is 26.3 Å². The molecule has 0 aromatic heterocycles. The molecule has 1 rings (SSSR count). The Balaban J connectivity index is 2.15. The minimum Gasteiger partial charge on any atom is -0.379 e. The largest absolute Gasteiger partial charge is 0.379 e. The predicted octanol–water partition coefficient (Wildman–Crippen LogP) is 2.31. The van der Waals surface area contributed by atoms with Crippen molar-refractivity contribution in [3.05, 3.63) is 11.6 Å². The number of ether oxygens (including phenoxy) is 1. The molecule has 0 spiro atoms. The van der Waals surface area contributed by atoms with Crippen molar-refractivity contribution in [2.45, 2.75) is 27.2 Å². The zero-order chi connectivity index (χ0) is 10.4. The summed E-state index contributed by atoms with van der Waals surface area (Å²) in [6.45, 7) is 11.9. The highest BCUT2D eigenvalue weighted by molar-refractivity contribution is 4.96. The summed E-state index contributed by atoms with van der Waals surface area (Å²) >= 11 is 0. The van der Waals surface area contributed by atoms with Gasteiger partial charge in [-0.1, -0.05) is 18.6 Å². The number of hydrogen-bond acceptors (Lipinski definition) is 2. The average molecular weight is 197 g/mol. The molecular weight excluding hydrogens is 174 g/mol. The van der Waals surface area contributed by atoms with Gasteiger partial charge in [0.2, 0.25) is 0 Å². The van der Waals surface area contributed by atoms with Crippen molar-refractivity contribution in [3.63, 3.8) is 0 Å². The van der Waals surface area contributed by atoms with E-state index in [9.17, 15) is 0 Å². The standard InChI is InChI=1S/C12H23NO/c1-11(2)10-12(3)4-5-13-6-8-14-9-7-13/h10,12H,4-9H2,1-3H3. The Kier molecular flexibility index (Phi) is 5.20. The third kappa shape index (κ3) is 4.77. The maximum absolute atomic E-state index is 5.32. The molecule has 2 heteroatoms. The number of allylic oxidation sites excluding steroid dienone is 2. The van der Waals surface area contributed by atoms with E-state index in [0.29, 0.717) is 5.92 Å². The fourth-order valence-corrected chi connectivity index (χ4v) is 1.86. The van der Waals surface area contributed by atoms with Gasteiger partial charge in [-0.25, -0.2) is 0 Å². The maximum Gasteiger partial charge on any atom is 0.0594 e. The summed E-state index contributed by atoms with van der Waals surface area (Å²) in [5.74, 6) is 0.711. The molecule has 82 valence electrons. The smallest absolute Gasteiger partial charge is 0.0594 e. The van der Waals surface area contributed by atoms with Crippen LogP contribution >= 0.6 is 0 Å². The third-order valence-corrected chi connectivity index (χ3v) is 2.62. The Morgan fingerprint density at radius 3 is 2.57 bits per heavy atom. The van der Waals surface area contributed by atoms with Crippen molar-refractivity contribution < 1.29 is 4.74 Å². The van der Waals surface area contributed by atoms with Crippen molar-refractivity contribution in [2.75, 3.05) is 32.8 Å². The van der Waals surface area contributed by atoms with Crippen LogP contribution in [0.15, 0.2) is 11.6 Å². The van der Waals surface area contributed by atoms with Gasteiger partial charge in [-0.3, -0.25) is 4.90 Å². The summed E-state index contributed by atoms with van der Waals surface area (Å²) in [6.07, 6.45) is 3.63. The number of hydrogen-bond donors (Lipinski definition) is 0. The lowest BCUT2D eigenvalue weighted by Crippen LogP contribution is -2.37. The highest BCUT2D eigenvalue weighted by Gasteiger charge is 2.10. The molecule has 1 saturated heterocycles. The lowest BCUT2D eigenvalue weighted by atomic mass is 10.0. The molecule has 0 N–H and O–H groups in total. The van der Waals surface area contributed by atoms with Gasteiger partial charge in [0.05, 0.1) is 13.2 Å². The molecule has 0 bridgehead atoms. The van der Waals surface area contributed by atoms with E-state index in [1.807, 2.05) is 0 Å². The van der Waals surface area contributed by atoms with Crippen molar-refractivity contribution in [1.29, 1.82) is 0 Å². The second-order valence-electron chi connectivity index (χ2n) is 4.46. The first-order valence-corrected chi connectivity index (χ1v) is 5.63. The van der Waals surface area contributed by atoms with Gasteiger partial charge in [0.1, 0.15) is 0 Å². The van der Waals surface area contributed by atoms with Crippen molar-refractivity contribution in [2.24, 2.45) is 5.92 Å². The summed E-state index contributed by atoms with van der Waals surface area (Å²) in [5.41, 5.74) is 1.43. The molecule has 1 atom stereocenters. The van der Waals surface area contributed by atoms with E-state index in [4.69, 9.17) is 4.74 Å². The zero-order valence-electron chi connectivity index (χ0n) is 9.75. The van der Waals surface area contributed by atoms with Gasteiger partial charge in [0.15, 0.2) is 0 Å². The number of nitrogens with zero attached hydrogens (tertiary/aromatic N) is 1. The summed E-state index contributed by atoms with van der Waals surface area (Å²) in [5, 5.41) is 0. The minimum absolute atomic E-state index is 0.711. The zero-order valence-corrected chi connectivity index (χ0v) is 9.75. The molecule has 0 aliphatic carbocycles. The summed E-state index contributed by atoms with van der Waals surface area (Å²) < 4.78 is 5.32. The van der Waals surface area contributed by atoms with Gasteiger partial charge < -0.3 is 4.74 Å². The van der Waals surface area contributed by atoms with E-state index < -0.39 is 0 Å². The molecule has 14 heavy (non-hydrogen) atoms. The van der Waals surface area contributed by atoms with Gasteiger partial charge >= 0.3 is 0 Å². The minimum atomic E-state index is 0.711. The normalized spacial score (nSPS) is 20.5. The Labute approximate surface area is 87.9 Å². The molecule has 0 amide bonds. The molecule has 1 aliphatic rings. The van der Waals surface area contributed by atoms with Crippen LogP contribution in [-0.2, 0) is 4.74 Å². The maximum atomic E-state index is 5.32. The Morgan fingerprint density at radius 1 is 1.36 bits per heavy atom. The first-order valence-electron chi connectivity index (χ1n) is 5.63. The van der Waals surface area contributed by atoms with Crippen LogP contribution in [0.5, 0.6) is 0 Å².